The van der Waals surface area contributed by atoms with Gasteiger partial charge in [-0.05, 0) is 30.3 Å². The highest BCUT2D eigenvalue weighted by Crippen LogP contribution is 2.33. The van der Waals surface area contributed by atoms with Crippen LogP contribution in [-0.2, 0) is 6.18 Å². The van der Waals surface area contributed by atoms with E-state index >= 15 is 0 Å². The highest BCUT2D eigenvalue weighted by Gasteiger charge is 2.34. The molecule has 0 spiro atoms. The van der Waals surface area contributed by atoms with Gasteiger partial charge in [0, 0.05) is 18.1 Å². The van der Waals surface area contributed by atoms with Crippen LogP contribution in [0.1, 0.15) is 5.56 Å². The van der Waals surface area contributed by atoms with Crippen LogP contribution in [0.15, 0.2) is 48.8 Å². The Morgan fingerprint density at radius 2 is 1.81 bits per heavy atom. The first kappa shape index (κ1) is 16.2. The number of hydrogen-bond donors (Lipinski definition) is 1. The Kier molecular flexibility index (Phi) is 3.53. The molecule has 2 heterocycles. The molecule has 4 aromatic rings. The maximum absolute atomic E-state index is 14.1. The Labute approximate surface area is 142 Å². The zero-order valence-electron chi connectivity index (χ0n) is 12.9. The van der Waals surface area contributed by atoms with Crippen molar-refractivity contribution in [3.05, 3.63) is 66.0 Å². The third-order valence-electron chi connectivity index (χ3n) is 3.83. The lowest BCUT2D eigenvalue weighted by atomic mass is 10.2. The molecule has 0 saturated heterocycles. The van der Waals surface area contributed by atoms with Crippen LogP contribution in [0.25, 0.3) is 16.7 Å². The van der Waals surface area contributed by atoms with Crippen LogP contribution in [0.3, 0.4) is 0 Å². The minimum Gasteiger partial charge on any atom is -0.337 e. The van der Waals surface area contributed by atoms with Crippen molar-refractivity contribution >= 4 is 28.2 Å². The molecule has 4 nitrogen and oxygen atoms in total. The first-order valence-electron chi connectivity index (χ1n) is 7.39. The summed E-state index contributed by atoms with van der Waals surface area (Å²) in [4.78, 5) is 8.34. The van der Waals surface area contributed by atoms with Crippen molar-refractivity contribution in [3.63, 3.8) is 0 Å². The summed E-state index contributed by atoms with van der Waals surface area (Å²) >= 11 is 0. The SMILES string of the molecule is Fc1cc(Nc2nc3cccc(F)c3n3ccnc23)ccc1C(F)(F)F. The molecule has 0 amide bonds. The minimum absolute atomic E-state index is 0.0589. The van der Waals surface area contributed by atoms with Crippen LogP contribution < -0.4 is 5.32 Å². The first-order valence-corrected chi connectivity index (χ1v) is 7.39. The first-order chi connectivity index (χ1) is 12.3. The molecule has 26 heavy (non-hydrogen) atoms. The second-order valence-corrected chi connectivity index (χ2v) is 5.51. The van der Waals surface area contributed by atoms with E-state index in [0.717, 1.165) is 12.1 Å². The number of para-hydroxylation sites is 1. The van der Waals surface area contributed by atoms with Crippen LogP contribution in [0.2, 0.25) is 0 Å². The van der Waals surface area contributed by atoms with Crippen molar-refractivity contribution < 1.29 is 22.0 Å². The van der Waals surface area contributed by atoms with Crippen molar-refractivity contribution in [2.24, 2.45) is 0 Å². The average Bonchev–Trinajstić information content (AvgIpc) is 3.03. The van der Waals surface area contributed by atoms with E-state index in [9.17, 15) is 22.0 Å². The van der Waals surface area contributed by atoms with Gasteiger partial charge in [0.1, 0.15) is 17.2 Å². The lowest BCUT2D eigenvalue weighted by molar-refractivity contribution is -0.139. The summed E-state index contributed by atoms with van der Waals surface area (Å²) in [5, 5.41) is 2.74. The molecule has 0 radical (unpaired) electrons. The number of halogens is 5. The third-order valence-corrected chi connectivity index (χ3v) is 3.83. The summed E-state index contributed by atoms with van der Waals surface area (Å²) in [6, 6.07) is 6.79. The van der Waals surface area contributed by atoms with Crippen LogP contribution >= 0.6 is 0 Å². The fourth-order valence-corrected chi connectivity index (χ4v) is 2.71. The molecule has 2 aromatic carbocycles. The number of alkyl halides is 3. The number of fused-ring (bicyclic) bond motifs is 3. The normalized spacial score (nSPS) is 12.0. The van der Waals surface area contributed by atoms with Gasteiger partial charge in [0.25, 0.3) is 0 Å². The lowest BCUT2D eigenvalue weighted by Gasteiger charge is -2.12. The number of nitrogens with zero attached hydrogens (tertiary/aromatic N) is 3. The number of imidazole rings is 1. The van der Waals surface area contributed by atoms with Gasteiger partial charge in [-0.3, -0.25) is 4.40 Å². The molecule has 0 saturated carbocycles. The maximum atomic E-state index is 14.1. The fraction of sp³-hybridized carbons (Fsp3) is 0.0588. The minimum atomic E-state index is -4.78. The zero-order valence-corrected chi connectivity index (χ0v) is 12.9. The topological polar surface area (TPSA) is 42.2 Å². The van der Waals surface area contributed by atoms with Gasteiger partial charge in [0.2, 0.25) is 0 Å². The summed E-state index contributed by atoms with van der Waals surface area (Å²) in [6.07, 6.45) is -1.82. The van der Waals surface area contributed by atoms with Gasteiger partial charge in [-0.1, -0.05) is 6.07 Å². The van der Waals surface area contributed by atoms with Crippen LogP contribution in [0.5, 0.6) is 0 Å². The fourth-order valence-electron chi connectivity index (χ4n) is 2.71. The number of nitrogens with one attached hydrogen (secondary N) is 1. The summed E-state index contributed by atoms with van der Waals surface area (Å²) < 4.78 is 67.3. The number of anilines is 2. The average molecular weight is 364 g/mol. The number of benzene rings is 2. The van der Waals surface area contributed by atoms with E-state index in [4.69, 9.17) is 0 Å². The molecule has 0 aliphatic heterocycles. The van der Waals surface area contributed by atoms with Gasteiger partial charge in [-0.2, -0.15) is 13.2 Å². The molecule has 0 fully saturated rings. The van der Waals surface area contributed by atoms with E-state index in [1.165, 1.54) is 28.9 Å². The molecule has 0 atom stereocenters. The third kappa shape index (κ3) is 2.61. The Bertz CT molecular complexity index is 1130. The number of hydrogen-bond acceptors (Lipinski definition) is 3. The molecular formula is C17H9F5N4. The molecule has 0 aliphatic rings. The summed E-state index contributed by atoms with van der Waals surface area (Å²) in [5.74, 6) is -1.74. The Balaban J connectivity index is 1.82. The standard InChI is InChI=1S/C17H9F5N4/c18-11-2-1-3-13-14(11)26-7-6-23-16(26)15(25-13)24-9-4-5-10(12(19)8-9)17(20,21)22/h1-8H,(H,24,25). The molecule has 9 heteroatoms. The van der Waals surface area contributed by atoms with Crippen LogP contribution in [0, 0.1) is 11.6 Å². The molecule has 4 rings (SSSR count). The van der Waals surface area contributed by atoms with E-state index in [0.29, 0.717) is 11.6 Å². The predicted octanol–water partition coefficient (Wildman–Crippen LogP) is 4.92. The van der Waals surface area contributed by atoms with Gasteiger partial charge in [-0.25, -0.2) is 18.7 Å². The van der Waals surface area contributed by atoms with Crippen LogP contribution in [-0.4, -0.2) is 14.4 Å². The quantitative estimate of drug-likeness (QED) is 0.513. The molecular weight excluding hydrogens is 355 g/mol. The molecule has 0 bridgehead atoms. The molecule has 2 aromatic heterocycles. The van der Waals surface area contributed by atoms with Gasteiger partial charge < -0.3 is 5.32 Å². The molecule has 1 N–H and O–H groups in total. The van der Waals surface area contributed by atoms with Crippen molar-refractivity contribution in [3.8, 4) is 0 Å². The summed E-state index contributed by atoms with van der Waals surface area (Å²) in [5.41, 5.74) is -0.524. The van der Waals surface area contributed by atoms with Crippen molar-refractivity contribution in [1.29, 1.82) is 0 Å². The van der Waals surface area contributed by atoms with E-state index in [1.807, 2.05) is 0 Å². The van der Waals surface area contributed by atoms with E-state index in [-0.39, 0.29) is 22.7 Å². The predicted molar refractivity (Wildman–Crippen MR) is 85.1 cm³/mol. The van der Waals surface area contributed by atoms with Gasteiger partial charge >= 0.3 is 6.18 Å². The van der Waals surface area contributed by atoms with E-state index < -0.39 is 23.4 Å². The van der Waals surface area contributed by atoms with Crippen molar-refractivity contribution in [1.82, 2.24) is 14.4 Å². The van der Waals surface area contributed by atoms with E-state index in [2.05, 4.69) is 15.3 Å². The second kappa shape index (κ2) is 5.65. The molecule has 0 aliphatic carbocycles. The monoisotopic (exact) mass is 364 g/mol. The number of rotatable bonds is 2. The maximum Gasteiger partial charge on any atom is 0.419 e. The number of aromatic nitrogens is 3. The highest BCUT2D eigenvalue weighted by molar-refractivity contribution is 5.84. The molecule has 132 valence electrons. The Hall–Kier alpha value is -3.23. The van der Waals surface area contributed by atoms with E-state index in [1.54, 1.807) is 6.07 Å². The van der Waals surface area contributed by atoms with Crippen LogP contribution in [0.4, 0.5) is 33.5 Å². The second-order valence-electron chi connectivity index (χ2n) is 5.51. The van der Waals surface area contributed by atoms with Gasteiger partial charge in [-0.15, -0.1) is 0 Å². The van der Waals surface area contributed by atoms with Gasteiger partial charge in [0.05, 0.1) is 11.1 Å². The molecule has 0 unspecified atom stereocenters. The Morgan fingerprint density at radius 1 is 1.00 bits per heavy atom. The largest absolute Gasteiger partial charge is 0.419 e. The Morgan fingerprint density at radius 3 is 2.54 bits per heavy atom. The highest BCUT2D eigenvalue weighted by atomic mass is 19.4. The lowest BCUT2D eigenvalue weighted by Crippen LogP contribution is -2.08. The van der Waals surface area contributed by atoms with Crippen molar-refractivity contribution in [2.75, 3.05) is 5.32 Å². The van der Waals surface area contributed by atoms with Crippen molar-refractivity contribution in [2.45, 2.75) is 6.18 Å². The summed E-state index contributed by atoms with van der Waals surface area (Å²) in [6.45, 7) is 0. The smallest absolute Gasteiger partial charge is 0.337 e. The van der Waals surface area contributed by atoms with Gasteiger partial charge in [0.15, 0.2) is 11.5 Å². The summed E-state index contributed by atoms with van der Waals surface area (Å²) in [7, 11) is 0. The zero-order chi connectivity index (χ0) is 18.5.